The van der Waals surface area contributed by atoms with Crippen molar-refractivity contribution in [1.29, 1.82) is 0 Å². The molecule has 0 saturated carbocycles. The summed E-state index contributed by atoms with van der Waals surface area (Å²) < 4.78 is 27.5. The molecule has 7 nitrogen and oxygen atoms in total. The quantitative estimate of drug-likeness (QED) is 0.386. The predicted octanol–water partition coefficient (Wildman–Crippen LogP) is 3.41. The van der Waals surface area contributed by atoms with E-state index in [1.807, 2.05) is 6.07 Å². The Kier molecular flexibility index (Phi) is 6.61. The molecule has 0 radical (unpaired) electrons. The van der Waals surface area contributed by atoms with E-state index in [2.05, 4.69) is 10.2 Å². The first-order valence-electron chi connectivity index (χ1n) is 8.58. The van der Waals surface area contributed by atoms with Crippen molar-refractivity contribution in [2.24, 2.45) is 7.05 Å². The molecule has 0 atom stereocenters. The topological polar surface area (TPSA) is 85.2 Å². The van der Waals surface area contributed by atoms with Crippen molar-refractivity contribution in [2.45, 2.75) is 11.7 Å². The van der Waals surface area contributed by atoms with Crippen LogP contribution in [0.1, 0.15) is 16.2 Å². The summed E-state index contributed by atoms with van der Waals surface area (Å²) >= 11 is 7.09. The maximum Gasteiger partial charge on any atom is 0.232 e. The highest BCUT2D eigenvalue weighted by atomic mass is 35.5. The van der Waals surface area contributed by atoms with Gasteiger partial charge >= 0.3 is 0 Å². The summed E-state index contributed by atoms with van der Waals surface area (Å²) in [6, 6.07) is 15.5. The van der Waals surface area contributed by atoms with E-state index in [0.717, 1.165) is 6.26 Å². The van der Waals surface area contributed by atoms with Gasteiger partial charge in [-0.1, -0.05) is 41.6 Å². The van der Waals surface area contributed by atoms with Gasteiger partial charge in [-0.2, -0.15) is 0 Å². The number of nitrogens with zero attached hydrogens (tertiary/aromatic N) is 4. The molecule has 0 N–H and O–H groups in total. The fourth-order valence-corrected chi connectivity index (χ4v) is 4.39. The van der Waals surface area contributed by atoms with Gasteiger partial charge in [-0.05, 0) is 36.4 Å². The number of benzene rings is 2. The lowest BCUT2D eigenvalue weighted by molar-refractivity contribution is 0.102. The van der Waals surface area contributed by atoms with Gasteiger partial charge in [-0.25, -0.2) is 8.42 Å². The average Bonchev–Trinajstić information content (AvgIpc) is 3.04. The van der Waals surface area contributed by atoms with Gasteiger partial charge in [-0.15, -0.1) is 10.2 Å². The summed E-state index contributed by atoms with van der Waals surface area (Å²) in [4.78, 5) is 12.3. The maximum atomic E-state index is 12.3. The van der Waals surface area contributed by atoms with Crippen molar-refractivity contribution >= 4 is 44.9 Å². The molecular weight excluding hydrogens is 432 g/mol. The Balaban J connectivity index is 1.73. The lowest BCUT2D eigenvalue weighted by atomic mass is 10.1. The number of hydrogen-bond acceptors (Lipinski definition) is 6. The lowest BCUT2D eigenvalue weighted by Gasteiger charge is -2.21. The zero-order valence-electron chi connectivity index (χ0n) is 15.8. The van der Waals surface area contributed by atoms with Gasteiger partial charge in [0.1, 0.15) is 0 Å². The fourth-order valence-electron chi connectivity index (χ4n) is 2.58. The van der Waals surface area contributed by atoms with Crippen LogP contribution in [0.3, 0.4) is 0 Å². The third-order valence-electron chi connectivity index (χ3n) is 4.15. The van der Waals surface area contributed by atoms with Crippen LogP contribution in [-0.2, 0) is 23.6 Å². The highest BCUT2D eigenvalue weighted by molar-refractivity contribution is 7.99. The standard InChI is InChI=1S/C19H19ClN4O3S2/c1-23-18(12-24(29(2,26)27)16-6-4-3-5-7-16)21-22-19(23)28-13-17(25)14-8-10-15(20)11-9-14/h3-11H,12-13H2,1-2H3. The smallest absolute Gasteiger partial charge is 0.232 e. The molecule has 0 aliphatic carbocycles. The first-order valence-corrected chi connectivity index (χ1v) is 11.8. The minimum absolute atomic E-state index is 0.0397. The Hall–Kier alpha value is -2.36. The second-order valence-electron chi connectivity index (χ2n) is 6.28. The van der Waals surface area contributed by atoms with Crippen molar-refractivity contribution in [3.8, 4) is 0 Å². The van der Waals surface area contributed by atoms with Gasteiger partial charge in [0.05, 0.1) is 24.2 Å². The number of anilines is 1. The van der Waals surface area contributed by atoms with E-state index in [4.69, 9.17) is 11.6 Å². The number of hydrogen-bond donors (Lipinski definition) is 0. The maximum absolute atomic E-state index is 12.3. The van der Waals surface area contributed by atoms with E-state index in [9.17, 15) is 13.2 Å². The number of aromatic nitrogens is 3. The molecular formula is C19H19ClN4O3S2. The Labute approximate surface area is 178 Å². The number of rotatable bonds is 8. The molecule has 3 aromatic rings. The Morgan fingerprint density at radius 3 is 2.38 bits per heavy atom. The number of thioether (sulfide) groups is 1. The summed E-state index contributed by atoms with van der Waals surface area (Å²) in [6.07, 6.45) is 1.15. The van der Waals surface area contributed by atoms with Crippen LogP contribution in [0.4, 0.5) is 5.69 Å². The zero-order valence-corrected chi connectivity index (χ0v) is 18.2. The van der Waals surface area contributed by atoms with Gasteiger partial charge in [-0.3, -0.25) is 9.10 Å². The minimum Gasteiger partial charge on any atom is -0.308 e. The van der Waals surface area contributed by atoms with E-state index in [1.54, 1.807) is 60.1 Å². The molecule has 0 aliphatic heterocycles. The number of Topliss-reactive ketones (excluding diaryl/α,β-unsaturated/α-hetero) is 1. The fraction of sp³-hybridized carbons (Fsp3) is 0.211. The van der Waals surface area contributed by atoms with Crippen molar-refractivity contribution in [3.63, 3.8) is 0 Å². The number of ketones is 1. The summed E-state index contributed by atoms with van der Waals surface area (Å²) in [5.41, 5.74) is 1.11. The van der Waals surface area contributed by atoms with Gasteiger partial charge in [0, 0.05) is 17.6 Å². The largest absolute Gasteiger partial charge is 0.308 e. The van der Waals surface area contributed by atoms with Crippen LogP contribution in [0, 0.1) is 0 Å². The molecule has 29 heavy (non-hydrogen) atoms. The average molecular weight is 451 g/mol. The molecule has 10 heteroatoms. The normalized spacial score (nSPS) is 11.4. The number of para-hydroxylation sites is 1. The van der Waals surface area contributed by atoms with Crippen molar-refractivity contribution in [3.05, 3.63) is 71.0 Å². The third-order valence-corrected chi connectivity index (χ3v) is 6.57. The van der Waals surface area contributed by atoms with E-state index in [1.165, 1.54) is 16.1 Å². The van der Waals surface area contributed by atoms with Crippen LogP contribution in [0.5, 0.6) is 0 Å². The molecule has 0 bridgehead atoms. The van der Waals surface area contributed by atoms with Crippen LogP contribution in [0.15, 0.2) is 59.8 Å². The molecule has 0 unspecified atom stereocenters. The lowest BCUT2D eigenvalue weighted by Crippen LogP contribution is -2.30. The summed E-state index contributed by atoms with van der Waals surface area (Å²) in [6.45, 7) is 0.0397. The van der Waals surface area contributed by atoms with Crippen molar-refractivity contribution in [2.75, 3.05) is 16.3 Å². The number of sulfonamides is 1. The van der Waals surface area contributed by atoms with Crippen molar-refractivity contribution in [1.82, 2.24) is 14.8 Å². The Morgan fingerprint density at radius 2 is 1.76 bits per heavy atom. The second-order valence-corrected chi connectivity index (χ2v) is 9.57. The third kappa shape index (κ3) is 5.37. The van der Waals surface area contributed by atoms with E-state index < -0.39 is 10.0 Å². The summed E-state index contributed by atoms with van der Waals surface area (Å²) in [5.74, 6) is 0.598. The minimum atomic E-state index is -3.51. The van der Waals surface area contributed by atoms with Crippen LogP contribution in [-0.4, -0.2) is 41.0 Å². The second kappa shape index (κ2) is 8.98. The van der Waals surface area contributed by atoms with Crippen LogP contribution in [0.25, 0.3) is 0 Å². The SMILES string of the molecule is Cn1c(CN(c2ccccc2)S(C)(=O)=O)nnc1SCC(=O)c1ccc(Cl)cc1. The van der Waals surface area contributed by atoms with E-state index in [-0.39, 0.29) is 18.1 Å². The molecule has 152 valence electrons. The molecule has 0 amide bonds. The Morgan fingerprint density at radius 1 is 1.10 bits per heavy atom. The number of carbonyl (C=O) groups excluding carboxylic acids is 1. The van der Waals surface area contributed by atoms with Gasteiger partial charge in [0.15, 0.2) is 16.8 Å². The molecule has 0 aliphatic rings. The first-order chi connectivity index (χ1) is 13.8. The van der Waals surface area contributed by atoms with Crippen molar-refractivity contribution < 1.29 is 13.2 Å². The molecule has 1 heterocycles. The van der Waals surface area contributed by atoms with Crippen LogP contribution in [0.2, 0.25) is 5.02 Å². The van der Waals surface area contributed by atoms with Gasteiger partial charge in [0.2, 0.25) is 10.0 Å². The molecule has 2 aromatic carbocycles. The highest BCUT2D eigenvalue weighted by Gasteiger charge is 2.21. The van der Waals surface area contributed by atoms with Gasteiger partial charge < -0.3 is 4.57 Å². The summed E-state index contributed by atoms with van der Waals surface area (Å²) in [7, 11) is -1.76. The molecule has 0 spiro atoms. The molecule has 0 fully saturated rings. The summed E-state index contributed by atoms with van der Waals surface area (Å²) in [5, 5.41) is 9.32. The number of carbonyl (C=O) groups is 1. The van der Waals surface area contributed by atoms with Crippen LogP contribution >= 0.6 is 23.4 Å². The monoisotopic (exact) mass is 450 g/mol. The first kappa shape index (κ1) is 21.4. The Bertz CT molecular complexity index is 1100. The van der Waals surface area contributed by atoms with E-state index >= 15 is 0 Å². The van der Waals surface area contributed by atoms with E-state index in [0.29, 0.717) is 27.3 Å². The van der Waals surface area contributed by atoms with Crippen LogP contribution < -0.4 is 4.31 Å². The molecule has 1 aromatic heterocycles. The molecule has 3 rings (SSSR count). The number of halogens is 1. The highest BCUT2D eigenvalue weighted by Crippen LogP contribution is 2.22. The van der Waals surface area contributed by atoms with Gasteiger partial charge in [0.25, 0.3) is 0 Å². The zero-order chi connectivity index (χ0) is 21.0. The predicted molar refractivity (Wildman–Crippen MR) is 115 cm³/mol. The molecule has 0 saturated heterocycles.